The van der Waals surface area contributed by atoms with Crippen LogP contribution in [0.4, 0.5) is 0 Å². The SMILES string of the molecule is [Ba+2].[BiH3].[Fe].[H-].[H-].[SiH4]. The van der Waals surface area contributed by atoms with Crippen LogP contribution in [-0.2, 0) is 17.1 Å². The summed E-state index contributed by atoms with van der Waals surface area (Å²) in [5.74, 6) is 0. The number of hydrogen-bond donors (Lipinski definition) is 0. The van der Waals surface area contributed by atoms with Gasteiger partial charge in [0.05, 0.1) is 0 Å². The van der Waals surface area contributed by atoms with Crippen LogP contribution in [0.25, 0.3) is 0 Å². The summed E-state index contributed by atoms with van der Waals surface area (Å²) in [7, 11) is 0. The molecule has 0 aromatic carbocycles. The molecule has 0 saturated heterocycles. The fourth-order valence-corrected chi connectivity index (χ4v) is 0. The zero-order chi connectivity index (χ0) is 0. The average Bonchev–Trinajstić information content (AvgIpc) is 0. The van der Waals surface area contributed by atoms with Crippen molar-refractivity contribution < 1.29 is 19.9 Å². The third-order valence-electron chi connectivity index (χ3n) is 0. The molecule has 0 aliphatic heterocycles. The van der Waals surface area contributed by atoms with Crippen molar-refractivity contribution in [2.75, 3.05) is 0 Å². The molecule has 0 aliphatic carbocycles. The molecule has 0 amide bonds. The predicted molar refractivity (Wildman–Crippen MR) is 29.3 cm³/mol. The molecule has 0 spiro atoms. The summed E-state index contributed by atoms with van der Waals surface area (Å²) < 4.78 is 0. The van der Waals surface area contributed by atoms with Crippen molar-refractivity contribution in [3.63, 3.8) is 0 Å². The Bertz CT molecular complexity index is 13.5. The van der Waals surface area contributed by atoms with Crippen molar-refractivity contribution in [2.24, 2.45) is 0 Å². The van der Waals surface area contributed by atoms with Crippen LogP contribution >= 0.6 is 0 Å². The number of hydrogen-bond acceptors (Lipinski definition) is 0. The quantitative estimate of drug-likeness (QED) is 0.358. The van der Waals surface area contributed by atoms with E-state index in [9.17, 15) is 0 Å². The molecule has 0 N–H and O–H groups in total. The van der Waals surface area contributed by atoms with Crippen LogP contribution in [-0.4, -0.2) is 86.0 Å². The molecule has 0 fully saturated rings. The summed E-state index contributed by atoms with van der Waals surface area (Å²) in [6.07, 6.45) is 0. The van der Waals surface area contributed by atoms with Crippen LogP contribution in [0, 0.1) is 0 Å². The van der Waals surface area contributed by atoms with E-state index in [4.69, 9.17) is 0 Å². The van der Waals surface area contributed by atoms with E-state index < -0.39 is 0 Å². The summed E-state index contributed by atoms with van der Waals surface area (Å²) >= 11 is 0. The van der Waals surface area contributed by atoms with E-state index in [0.29, 0.717) is 0 Å². The summed E-state index contributed by atoms with van der Waals surface area (Å²) in [4.78, 5) is 0. The Kier molecular flexibility index (Phi) is 111. The van der Waals surface area contributed by atoms with Gasteiger partial charge < -0.3 is 2.85 Å². The van der Waals surface area contributed by atoms with Gasteiger partial charge in [-0.1, -0.05) is 0 Å². The van der Waals surface area contributed by atoms with E-state index >= 15 is 0 Å². The molecule has 0 atom stereocenters. The van der Waals surface area contributed by atoms with Gasteiger partial charge >= 0.3 is 75.1 Å². The fourth-order valence-electron chi connectivity index (χ4n) is 0. The first-order valence-corrected chi connectivity index (χ1v) is 0. The van der Waals surface area contributed by atoms with Crippen LogP contribution in [0.1, 0.15) is 2.85 Å². The second kappa shape index (κ2) is 16.4. The van der Waals surface area contributed by atoms with Crippen molar-refractivity contribution >= 4 is 86.0 Å². The van der Waals surface area contributed by atoms with Gasteiger partial charge in [-0.25, -0.2) is 0 Å². The summed E-state index contributed by atoms with van der Waals surface area (Å²) in [6.45, 7) is 0. The molecule has 0 aromatic heterocycles. The van der Waals surface area contributed by atoms with E-state index in [1.165, 1.54) is 0 Å². The fraction of sp³-hybridized carbons (Fsp3) is 0. The Hall–Kier alpha value is 3.19. The maximum Gasteiger partial charge on any atom is 0 e. The van der Waals surface area contributed by atoms with Gasteiger partial charge in [-0.05, 0) is 11.0 Å². The molecule has 4 heteroatoms. The van der Waals surface area contributed by atoms with Gasteiger partial charge in [0.1, 0.15) is 0 Å². The van der Waals surface area contributed by atoms with Crippen molar-refractivity contribution in [1.82, 2.24) is 0 Å². The standard InChI is InChI=1S/Ba.Bi.Fe.H4Si.5H/h;;;1H4;;;;;/q+2;;;;;;;2*-1. The molecule has 0 saturated carbocycles. The molecule has 0 bridgehead atoms. The smallest absolute Gasteiger partial charge is 0 e. The normalized spacial score (nSPS) is 0. The van der Waals surface area contributed by atoms with E-state index in [0.717, 1.165) is 0 Å². The van der Waals surface area contributed by atoms with Gasteiger partial charge in [0.15, 0.2) is 0 Å². The van der Waals surface area contributed by atoms with Crippen molar-refractivity contribution in [1.29, 1.82) is 0 Å². The van der Waals surface area contributed by atoms with Gasteiger partial charge in [0.2, 0.25) is 0 Å². The van der Waals surface area contributed by atoms with Gasteiger partial charge in [-0.3, -0.25) is 0 Å². The summed E-state index contributed by atoms with van der Waals surface area (Å²) in [6, 6.07) is 0. The van der Waals surface area contributed by atoms with Crippen LogP contribution in [0.2, 0.25) is 0 Å². The first kappa shape index (κ1) is 27.1. The summed E-state index contributed by atoms with van der Waals surface area (Å²) in [5.41, 5.74) is 0. The second-order valence-corrected chi connectivity index (χ2v) is 0. The molecule has 0 radical (unpaired) electrons. The van der Waals surface area contributed by atoms with E-state index in [1.807, 2.05) is 0 Å². The maximum atomic E-state index is 0. The summed E-state index contributed by atoms with van der Waals surface area (Å²) in [5, 5.41) is 0. The van der Waals surface area contributed by atoms with Crippen molar-refractivity contribution in [3.8, 4) is 0 Å². The van der Waals surface area contributed by atoms with Crippen LogP contribution in [0.3, 0.4) is 0 Å². The molecule has 0 aromatic rings. The molecule has 28 valence electrons. The minimum Gasteiger partial charge on any atom is -1.00 e. The second-order valence-electron chi connectivity index (χ2n) is 0. The van der Waals surface area contributed by atoms with Crippen LogP contribution in [0.15, 0.2) is 0 Å². The molecular weight excluding hydrogens is 430 g/mol. The van der Waals surface area contributed by atoms with Crippen molar-refractivity contribution in [2.45, 2.75) is 0 Å². The molecule has 0 nitrogen and oxygen atoms in total. The van der Waals surface area contributed by atoms with Crippen molar-refractivity contribution in [3.05, 3.63) is 0 Å². The predicted octanol–water partition coefficient (Wildman–Crippen LogP) is -2.79. The Morgan fingerprint density at radius 3 is 1.25 bits per heavy atom. The molecule has 0 unspecified atom stereocenters. The third kappa shape index (κ3) is 8.95. The molecule has 0 rings (SSSR count). The Balaban J connectivity index is 0. The largest absolute Gasteiger partial charge is 1.00 e. The first-order valence-electron chi connectivity index (χ1n) is 0. The Labute approximate surface area is 104 Å². The van der Waals surface area contributed by atoms with Gasteiger partial charge in [0, 0.05) is 17.1 Å². The third-order valence-corrected chi connectivity index (χ3v) is 0. The zero-order valence-corrected chi connectivity index (χ0v) is 12.8. The molecule has 0 aliphatic rings. The molecule has 0 heterocycles. The topological polar surface area (TPSA) is 0 Å². The first-order chi connectivity index (χ1) is 0. The van der Waals surface area contributed by atoms with Gasteiger partial charge in [0.25, 0.3) is 0 Å². The minimum atomic E-state index is 0. The zero-order valence-electron chi connectivity index (χ0n) is 3.77. The van der Waals surface area contributed by atoms with E-state index in [2.05, 4.69) is 0 Å². The van der Waals surface area contributed by atoms with E-state index in [-0.39, 0.29) is 106 Å². The molecule has 4 heavy (non-hydrogen) atoms. The molecular formula is H9BaBiFeSi. The van der Waals surface area contributed by atoms with Crippen LogP contribution < -0.4 is 0 Å². The van der Waals surface area contributed by atoms with Gasteiger partial charge in [-0.2, -0.15) is 0 Å². The Morgan fingerprint density at radius 1 is 1.25 bits per heavy atom. The average molecular weight is 439 g/mol. The minimum absolute atomic E-state index is 0. The maximum absolute atomic E-state index is 0. The monoisotopic (exact) mass is 440 g/mol. The Morgan fingerprint density at radius 2 is 1.25 bits per heavy atom. The van der Waals surface area contributed by atoms with E-state index in [1.54, 1.807) is 0 Å². The van der Waals surface area contributed by atoms with Gasteiger partial charge in [-0.15, -0.1) is 0 Å². The number of rotatable bonds is 0. The van der Waals surface area contributed by atoms with Crippen LogP contribution in [0.5, 0.6) is 0 Å².